The first-order chi connectivity index (χ1) is 13.1. The van der Waals surface area contributed by atoms with E-state index in [0.29, 0.717) is 32.7 Å². The predicted molar refractivity (Wildman–Crippen MR) is 105 cm³/mol. The second-order valence-electron chi connectivity index (χ2n) is 7.15. The maximum atomic E-state index is 12.5. The quantitative estimate of drug-likeness (QED) is 0.707. The minimum absolute atomic E-state index is 0.0282. The maximum Gasteiger partial charge on any atom is 0.224 e. The van der Waals surface area contributed by atoms with Crippen LogP contribution in [0.4, 0.5) is 11.4 Å². The van der Waals surface area contributed by atoms with E-state index >= 15 is 0 Å². The molecule has 2 heterocycles. The van der Waals surface area contributed by atoms with Gasteiger partial charge in [-0.1, -0.05) is 0 Å². The summed E-state index contributed by atoms with van der Waals surface area (Å²) >= 11 is 0. The first-order valence-electron chi connectivity index (χ1n) is 9.69. The SMILES string of the molecule is CC(=O)N(CCC(=O)N1CCN(C=O)CC1)c1ccc(N2CCCC2)cc1. The summed E-state index contributed by atoms with van der Waals surface area (Å²) in [6.07, 6.45) is 3.56. The second-order valence-corrected chi connectivity index (χ2v) is 7.15. The van der Waals surface area contributed by atoms with Crippen LogP contribution in [0, 0.1) is 0 Å². The number of nitrogens with zero attached hydrogens (tertiary/aromatic N) is 4. The summed E-state index contributed by atoms with van der Waals surface area (Å²) in [5, 5.41) is 0. The van der Waals surface area contributed by atoms with E-state index in [1.165, 1.54) is 25.5 Å². The van der Waals surface area contributed by atoms with Gasteiger partial charge >= 0.3 is 0 Å². The number of anilines is 2. The van der Waals surface area contributed by atoms with Gasteiger partial charge in [0.1, 0.15) is 0 Å². The van der Waals surface area contributed by atoms with E-state index in [-0.39, 0.29) is 18.2 Å². The highest BCUT2D eigenvalue weighted by Gasteiger charge is 2.22. The molecule has 0 saturated carbocycles. The van der Waals surface area contributed by atoms with Crippen molar-refractivity contribution in [1.29, 1.82) is 0 Å². The highest BCUT2D eigenvalue weighted by molar-refractivity contribution is 5.92. The molecule has 7 nitrogen and oxygen atoms in total. The maximum absolute atomic E-state index is 12.5. The van der Waals surface area contributed by atoms with Crippen molar-refractivity contribution < 1.29 is 14.4 Å². The van der Waals surface area contributed by atoms with E-state index in [0.717, 1.165) is 25.2 Å². The zero-order valence-electron chi connectivity index (χ0n) is 16.0. The lowest BCUT2D eigenvalue weighted by Crippen LogP contribution is -2.48. The van der Waals surface area contributed by atoms with Gasteiger partial charge in [-0.05, 0) is 37.1 Å². The average Bonchev–Trinajstić information content (AvgIpc) is 3.23. The molecule has 0 aliphatic carbocycles. The van der Waals surface area contributed by atoms with Crippen LogP contribution in [0.2, 0.25) is 0 Å². The monoisotopic (exact) mass is 372 g/mol. The van der Waals surface area contributed by atoms with E-state index in [1.807, 2.05) is 12.1 Å². The van der Waals surface area contributed by atoms with Gasteiger partial charge in [0.15, 0.2) is 0 Å². The average molecular weight is 372 g/mol. The number of carbonyl (C=O) groups is 3. The summed E-state index contributed by atoms with van der Waals surface area (Å²) in [5.74, 6) is -0.0389. The molecule has 27 heavy (non-hydrogen) atoms. The molecule has 7 heteroatoms. The number of carbonyl (C=O) groups excluding carboxylic acids is 3. The van der Waals surface area contributed by atoms with Crippen LogP contribution in [0.15, 0.2) is 24.3 Å². The first-order valence-corrected chi connectivity index (χ1v) is 9.69. The van der Waals surface area contributed by atoms with E-state index in [1.54, 1.807) is 14.7 Å². The molecular weight excluding hydrogens is 344 g/mol. The first kappa shape index (κ1) is 19.2. The molecule has 0 atom stereocenters. The second kappa shape index (κ2) is 8.88. The molecule has 2 fully saturated rings. The Morgan fingerprint density at radius 1 is 1.00 bits per heavy atom. The minimum Gasteiger partial charge on any atom is -0.372 e. The number of hydrogen-bond acceptors (Lipinski definition) is 4. The largest absolute Gasteiger partial charge is 0.372 e. The Morgan fingerprint density at radius 3 is 2.19 bits per heavy atom. The van der Waals surface area contributed by atoms with E-state index in [9.17, 15) is 14.4 Å². The Morgan fingerprint density at radius 2 is 1.63 bits per heavy atom. The zero-order chi connectivity index (χ0) is 19.2. The van der Waals surface area contributed by atoms with Gasteiger partial charge in [0.05, 0.1) is 0 Å². The summed E-state index contributed by atoms with van der Waals surface area (Å²) in [6.45, 7) is 6.33. The number of piperazine rings is 1. The van der Waals surface area contributed by atoms with Crippen molar-refractivity contribution in [2.24, 2.45) is 0 Å². The van der Waals surface area contributed by atoms with Crippen LogP contribution < -0.4 is 9.80 Å². The molecule has 0 N–H and O–H groups in total. The van der Waals surface area contributed by atoms with Crippen LogP contribution >= 0.6 is 0 Å². The molecule has 0 spiro atoms. The van der Waals surface area contributed by atoms with Crippen molar-refractivity contribution in [3.8, 4) is 0 Å². The van der Waals surface area contributed by atoms with Crippen LogP contribution in [0.5, 0.6) is 0 Å². The fraction of sp³-hybridized carbons (Fsp3) is 0.550. The van der Waals surface area contributed by atoms with E-state index < -0.39 is 0 Å². The molecule has 0 unspecified atom stereocenters. The number of benzene rings is 1. The minimum atomic E-state index is -0.0671. The van der Waals surface area contributed by atoms with Gasteiger partial charge in [-0.2, -0.15) is 0 Å². The highest BCUT2D eigenvalue weighted by atomic mass is 16.2. The van der Waals surface area contributed by atoms with Crippen LogP contribution in [0.1, 0.15) is 26.2 Å². The topological polar surface area (TPSA) is 64.2 Å². The summed E-state index contributed by atoms with van der Waals surface area (Å²) in [5.41, 5.74) is 2.01. The number of rotatable bonds is 6. The molecule has 0 aromatic heterocycles. The van der Waals surface area contributed by atoms with Crippen LogP contribution in [0.25, 0.3) is 0 Å². The summed E-state index contributed by atoms with van der Waals surface area (Å²) in [4.78, 5) is 42.8. The smallest absolute Gasteiger partial charge is 0.224 e. The van der Waals surface area contributed by atoms with Gasteiger partial charge in [0.25, 0.3) is 0 Å². The summed E-state index contributed by atoms with van der Waals surface area (Å²) in [7, 11) is 0. The van der Waals surface area contributed by atoms with Crippen molar-refractivity contribution in [2.45, 2.75) is 26.2 Å². The number of amides is 3. The lowest BCUT2D eigenvalue weighted by molar-refractivity contribution is -0.135. The molecule has 3 rings (SSSR count). The molecule has 0 bridgehead atoms. The van der Waals surface area contributed by atoms with Crippen molar-refractivity contribution >= 4 is 29.6 Å². The van der Waals surface area contributed by atoms with Gasteiger partial charge in [-0.3, -0.25) is 14.4 Å². The summed E-state index contributed by atoms with van der Waals surface area (Å²) < 4.78 is 0. The zero-order valence-corrected chi connectivity index (χ0v) is 16.0. The van der Waals surface area contributed by atoms with Crippen LogP contribution in [0.3, 0.4) is 0 Å². The molecule has 2 aliphatic heterocycles. The Hall–Kier alpha value is -2.57. The Labute approximate surface area is 160 Å². The molecule has 0 radical (unpaired) electrons. The molecule has 1 aromatic carbocycles. The predicted octanol–water partition coefficient (Wildman–Crippen LogP) is 1.33. The van der Waals surface area contributed by atoms with Gasteiger partial charge in [0.2, 0.25) is 18.2 Å². The van der Waals surface area contributed by atoms with Crippen molar-refractivity contribution in [2.75, 3.05) is 55.6 Å². The van der Waals surface area contributed by atoms with Crippen molar-refractivity contribution in [3.05, 3.63) is 24.3 Å². The van der Waals surface area contributed by atoms with E-state index in [4.69, 9.17) is 0 Å². The van der Waals surface area contributed by atoms with Gasteiger partial charge in [-0.25, -0.2) is 0 Å². The molecule has 2 aliphatic rings. The highest BCUT2D eigenvalue weighted by Crippen LogP contribution is 2.24. The molecular formula is C20H28N4O3. The Balaban J connectivity index is 1.56. The van der Waals surface area contributed by atoms with Crippen molar-refractivity contribution in [1.82, 2.24) is 9.80 Å². The normalized spacial score (nSPS) is 17.1. The molecule has 1 aromatic rings. The lowest BCUT2D eigenvalue weighted by Gasteiger charge is -2.33. The Kier molecular flexibility index (Phi) is 6.32. The van der Waals surface area contributed by atoms with Crippen LogP contribution in [-0.4, -0.2) is 73.8 Å². The molecule has 146 valence electrons. The third-order valence-electron chi connectivity index (χ3n) is 5.38. The molecule has 2 saturated heterocycles. The van der Waals surface area contributed by atoms with Crippen molar-refractivity contribution in [3.63, 3.8) is 0 Å². The van der Waals surface area contributed by atoms with Gasteiger partial charge in [-0.15, -0.1) is 0 Å². The number of hydrogen-bond donors (Lipinski definition) is 0. The van der Waals surface area contributed by atoms with Gasteiger partial charge < -0.3 is 19.6 Å². The third-order valence-corrected chi connectivity index (χ3v) is 5.38. The van der Waals surface area contributed by atoms with Gasteiger partial charge in [0, 0.05) is 70.5 Å². The van der Waals surface area contributed by atoms with E-state index in [2.05, 4.69) is 17.0 Å². The third kappa shape index (κ3) is 4.78. The lowest BCUT2D eigenvalue weighted by atomic mass is 10.2. The Bertz CT molecular complexity index is 662. The molecule has 3 amide bonds. The summed E-state index contributed by atoms with van der Waals surface area (Å²) in [6, 6.07) is 8.03. The fourth-order valence-electron chi connectivity index (χ4n) is 3.73. The fourth-order valence-corrected chi connectivity index (χ4v) is 3.73. The standard InChI is InChI=1S/C20H28N4O3/c1-17(26)24(11-8-20(27)23-14-12-21(16-25)13-15-23)19-6-4-18(5-7-19)22-9-2-3-10-22/h4-7,16H,2-3,8-15H2,1H3. The van der Waals surface area contributed by atoms with Crippen LogP contribution in [-0.2, 0) is 14.4 Å².